The van der Waals surface area contributed by atoms with Crippen molar-refractivity contribution in [3.05, 3.63) is 29.8 Å². The zero-order chi connectivity index (χ0) is 13.0. The van der Waals surface area contributed by atoms with Crippen LogP contribution < -0.4 is 0 Å². The molecule has 1 aliphatic rings. The van der Waals surface area contributed by atoms with Gasteiger partial charge in [0.1, 0.15) is 0 Å². The van der Waals surface area contributed by atoms with E-state index in [2.05, 4.69) is 0 Å². The highest BCUT2D eigenvalue weighted by Crippen LogP contribution is 2.18. The van der Waals surface area contributed by atoms with Crippen LogP contribution in [0.25, 0.3) is 0 Å². The van der Waals surface area contributed by atoms with Gasteiger partial charge in [0.15, 0.2) is 9.80 Å². The molecule has 4 nitrogen and oxygen atoms in total. The average Bonchev–Trinajstić information content (AvgIpc) is 2.90. The highest BCUT2D eigenvalue weighted by Gasteiger charge is 2.20. The van der Waals surface area contributed by atoms with Gasteiger partial charge in [-0.2, -0.15) is 0 Å². The smallest absolute Gasteiger partial charge is 0.217 e. The third-order valence-electron chi connectivity index (χ3n) is 2.93. The number of rotatable bonds is 4. The van der Waals surface area contributed by atoms with E-state index in [0.29, 0.717) is 18.1 Å². The Kier molecular flexibility index (Phi) is 4.19. The Morgan fingerprint density at radius 2 is 2.17 bits per heavy atom. The Morgan fingerprint density at radius 1 is 1.44 bits per heavy atom. The summed E-state index contributed by atoms with van der Waals surface area (Å²) in [5.41, 5.74) is 1.04. The summed E-state index contributed by atoms with van der Waals surface area (Å²) >= 11 is 0. The molecule has 2 unspecified atom stereocenters. The summed E-state index contributed by atoms with van der Waals surface area (Å²) in [7, 11) is -3.17. The van der Waals surface area contributed by atoms with Gasteiger partial charge in [0.25, 0.3) is 0 Å². The molecule has 0 bridgehead atoms. The van der Waals surface area contributed by atoms with Gasteiger partial charge in [-0.3, -0.25) is 4.18 Å². The van der Waals surface area contributed by atoms with Crippen molar-refractivity contribution >= 4 is 15.0 Å². The van der Waals surface area contributed by atoms with Gasteiger partial charge in [0.05, 0.1) is 18.1 Å². The van der Waals surface area contributed by atoms with E-state index >= 15 is 0 Å². The summed E-state index contributed by atoms with van der Waals surface area (Å²) in [5, 5.41) is 1.55. The Morgan fingerprint density at radius 3 is 2.72 bits per heavy atom. The molecule has 1 aromatic rings. The van der Waals surface area contributed by atoms with Gasteiger partial charge in [-0.1, -0.05) is 17.7 Å². The average molecular weight is 268 g/mol. The van der Waals surface area contributed by atoms with Crippen molar-refractivity contribution in [3.63, 3.8) is 0 Å². The fraction of sp³-hybridized carbons (Fsp3) is 0.462. The normalized spacial score (nSPS) is 22.4. The van der Waals surface area contributed by atoms with Gasteiger partial charge in [0.2, 0.25) is 5.23 Å². The first-order valence-corrected chi connectivity index (χ1v) is 7.34. The van der Waals surface area contributed by atoms with Gasteiger partial charge in [-0.25, -0.2) is 9.00 Å². The van der Waals surface area contributed by atoms with Crippen LogP contribution in [-0.4, -0.2) is 29.3 Å². The molecule has 1 aromatic carbocycles. The summed E-state index contributed by atoms with van der Waals surface area (Å²) in [6, 6.07) is 6.89. The molecule has 1 saturated heterocycles. The summed E-state index contributed by atoms with van der Waals surface area (Å²) in [6.45, 7) is 3.49. The van der Waals surface area contributed by atoms with Gasteiger partial charge in [0, 0.05) is 12.5 Å². The first-order chi connectivity index (χ1) is 8.64. The molecule has 2 rings (SSSR count). The number of ether oxygens (including phenoxy) is 1. The summed E-state index contributed by atoms with van der Waals surface area (Å²) in [6.07, 6.45) is 0.877. The van der Waals surface area contributed by atoms with Crippen molar-refractivity contribution in [2.24, 2.45) is 5.92 Å². The number of hydrogen-bond donors (Lipinski definition) is 0. The maximum atomic E-state index is 12.3. The number of hydrogen-bond acceptors (Lipinski definition) is 4. The molecule has 2 atom stereocenters. The molecule has 1 aliphatic heterocycles. The van der Waals surface area contributed by atoms with E-state index in [1.807, 2.05) is 6.92 Å². The van der Waals surface area contributed by atoms with Crippen LogP contribution >= 0.6 is 0 Å². The minimum absolute atomic E-state index is 0.213. The highest BCUT2D eigenvalue weighted by atomic mass is 32.2. The lowest BCUT2D eigenvalue weighted by molar-refractivity contribution is 0.170. The fourth-order valence-electron chi connectivity index (χ4n) is 1.76. The predicted octanol–water partition coefficient (Wildman–Crippen LogP) is 1.67. The zero-order valence-corrected chi connectivity index (χ0v) is 11.1. The van der Waals surface area contributed by atoms with E-state index < -0.39 is 9.80 Å². The molecule has 0 saturated carbocycles. The molecule has 0 amide bonds. The molecule has 5 heteroatoms. The number of aryl methyl sites for hydroxylation is 1. The second-order valence-corrected chi connectivity index (χ2v) is 6.29. The quantitative estimate of drug-likeness (QED) is 0.780. The molecule has 0 N–H and O–H groups in total. The maximum absolute atomic E-state index is 12.3. The predicted molar refractivity (Wildman–Crippen MR) is 68.2 cm³/mol. The lowest BCUT2D eigenvalue weighted by Crippen LogP contribution is -2.15. The standard InChI is InChI=1S/C13H16O4S/c1-11-2-4-13(5-3-11)18(15,10-14)17-9-12-6-7-16-8-12/h2-5,12H,6-9H2,1H3. The fourth-order valence-corrected chi connectivity index (χ4v) is 2.92. The molecule has 1 fully saturated rings. The first-order valence-electron chi connectivity index (χ1n) is 5.86. The zero-order valence-electron chi connectivity index (χ0n) is 10.3. The summed E-state index contributed by atoms with van der Waals surface area (Å²) < 4.78 is 22.9. The van der Waals surface area contributed by atoms with E-state index in [1.165, 1.54) is 0 Å². The van der Waals surface area contributed by atoms with Crippen LogP contribution in [-0.2, 0) is 23.5 Å². The van der Waals surface area contributed by atoms with E-state index in [1.54, 1.807) is 29.5 Å². The van der Waals surface area contributed by atoms with Gasteiger partial charge in [-0.15, -0.1) is 0 Å². The van der Waals surface area contributed by atoms with Crippen molar-refractivity contribution < 1.29 is 17.9 Å². The lowest BCUT2D eigenvalue weighted by Gasteiger charge is -2.11. The maximum Gasteiger partial charge on any atom is 0.217 e. The third-order valence-corrected chi connectivity index (χ3v) is 4.51. The molecule has 0 aliphatic carbocycles. The lowest BCUT2D eigenvalue weighted by atomic mass is 10.1. The number of carbonyl (C=O) groups excluding carboxylic acids is 1. The third kappa shape index (κ3) is 3.00. The molecular formula is C13H16O4S. The largest absolute Gasteiger partial charge is 0.381 e. The molecule has 0 radical (unpaired) electrons. The number of benzene rings is 1. The summed E-state index contributed by atoms with van der Waals surface area (Å²) in [5.74, 6) is 0.213. The monoisotopic (exact) mass is 268 g/mol. The minimum Gasteiger partial charge on any atom is -0.381 e. The molecule has 98 valence electrons. The van der Waals surface area contributed by atoms with Gasteiger partial charge >= 0.3 is 0 Å². The topological polar surface area (TPSA) is 52.6 Å². The van der Waals surface area contributed by atoms with Crippen LogP contribution in [0.2, 0.25) is 0 Å². The van der Waals surface area contributed by atoms with Crippen molar-refractivity contribution in [1.82, 2.24) is 0 Å². The van der Waals surface area contributed by atoms with Crippen LogP contribution in [0.4, 0.5) is 0 Å². The molecule has 0 spiro atoms. The van der Waals surface area contributed by atoms with Crippen LogP contribution in [0.1, 0.15) is 12.0 Å². The Bertz CT molecular complexity index is 531. The Hall–Kier alpha value is -1.13. The van der Waals surface area contributed by atoms with Crippen LogP contribution in [0, 0.1) is 12.8 Å². The van der Waals surface area contributed by atoms with Crippen LogP contribution in [0.15, 0.2) is 29.2 Å². The van der Waals surface area contributed by atoms with E-state index in [4.69, 9.17) is 8.92 Å². The van der Waals surface area contributed by atoms with Crippen molar-refractivity contribution in [2.45, 2.75) is 18.2 Å². The van der Waals surface area contributed by atoms with E-state index in [-0.39, 0.29) is 12.5 Å². The van der Waals surface area contributed by atoms with Crippen molar-refractivity contribution in [3.8, 4) is 0 Å². The Labute approximate surface area is 107 Å². The second-order valence-electron chi connectivity index (χ2n) is 4.41. The second kappa shape index (κ2) is 5.67. The van der Waals surface area contributed by atoms with Gasteiger partial charge in [-0.05, 0) is 25.5 Å². The minimum atomic E-state index is -3.17. The molecule has 1 heterocycles. The van der Waals surface area contributed by atoms with Gasteiger partial charge < -0.3 is 4.74 Å². The van der Waals surface area contributed by atoms with E-state index in [0.717, 1.165) is 12.0 Å². The highest BCUT2D eigenvalue weighted by molar-refractivity contribution is 7.96. The van der Waals surface area contributed by atoms with Crippen LogP contribution in [0.3, 0.4) is 0 Å². The molecule has 0 aromatic heterocycles. The van der Waals surface area contributed by atoms with E-state index in [9.17, 15) is 9.00 Å². The van der Waals surface area contributed by atoms with Crippen molar-refractivity contribution in [1.29, 1.82) is 0 Å². The first kappa shape index (κ1) is 13.3. The van der Waals surface area contributed by atoms with Crippen LogP contribution in [0.5, 0.6) is 0 Å². The molecule has 18 heavy (non-hydrogen) atoms. The SMILES string of the molecule is Cc1ccc(S(=O)(=C=O)OCC2CCOC2)cc1. The molecular weight excluding hydrogens is 252 g/mol. The Balaban J connectivity index is 2.13. The van der Waals surface area contributed by atoms with Crippen molar-refractivity contribution in [2.75, 3.05) is 19.8 Å². The summed E-state index contributed by atoms with van der Waals surface area (Å²) in [4.78, 5) is 11.3.